The van der Waals surface area contributed by atoms with E-state index in [0.717, 1.165) is 11.1 Å². The molecular formula is C17H19N5O4. The molecule has 3 N–H and O–H groups in total. The van der Waals surface area contributed by atoms with Crippen molar-refractivity contribution in [1.82, 2.24) is 26.1 Å². The summed E-state index contributed by atoms with van der Waals surface area (Å²) in [5, 5.41) is 11.2. The fraction of sp³-hybridized carbons (Fsp3) is 0.353. The molecule has 0 radical (unpaired) electrons. The number of aryl methyl sites for hydroxylation is 1. The summed E-state index contributed by atoms with van der Waals surface area (Å²) in [5.41, 5.74) is 2.00. The highest BCUT2D eigenvalue weighted by molar-refractivity contribution is 5.98. The minimum absolute atomic E-state index is 0.112. The minimum atomic E-state index is -0.743. The standard InChI is InChI=1S/C17H19N5O4/c1-10-2-4-11(5-3-10)15-21-14(26-22-15)8-9-18-16(24)12-6-7-13(23)20-17(25)19-12/h2-5,12H,6-9H2,1H3,(H,18,24)(H2,19,20,23,25)/t12-/m1/s1. The number of nitrogens with zero attached hydrogens (tertiary/aromatic N) is 2. The van der Waals surface area contributed by atoms with Gasteiger partial charge in [-0.25, -0.2) is 4.79 Å². The van der Waals surface area contributed by atoms with Gasteiger partial charge in [-0.05, 0) is 13.3 Å². The maximum Gasteiger partial charge on any atom is 0.322 e. The zero-order valence-electron chi connectivity index (χ0n) is 14.2. The van der Waals surface area contributed by atoms with E-state index in [1.165, 1.54) is 0 Å². The van der Waals surface area contributed by atoms with Crippen LogP contribution in [0.1, 0.15) is 24.3 Å². The molecule has 1 saturated heterocycles. The number of nitrogens with one attached hydrogen (secondary N) is 3. The predicted octanol–water partition coefficient (Wildman–Crippen LogP) is 0.692. The SMILES string of the molecule is Cc1ccc(-c2noc(CCNC(=O)[C@H]3CCC(=O)NC(=O)N3)n2)cc1. The molecule has 2 aromatic rings. The van der Waals surface area contributed by atoms with E-state index in [1.54, 1.807) is 0 Å². The number of carbonyl (C=O) groups is 3. The van der Waals surface area contributed by atoms with Crippen LogP contribution in [-0.2, 0) is 16.0 Å². The number of amides is 4. The first-order valence-electron chi connectivity index (χ1n) is 8.29. The van der Waals surface area contributed by atoms with Crippen LogP contribution < -0.4 is 16.0 Å². The maximum atomic E-state index is 12.1. The second-order valence-corrected chi connectivity index (χ2v) is 6.03. The molecule has 0 bridgehead atoms. The highest BCUT2D eigenvalue weighted by Crippen LogP contribution is 2.16. The molecule has 1 aromatic heterocycles. The van der Waals surface area contributed by atoms with Gasteiger partial charge in [0, 0.05) is 24.9 Å². The third-order valence-electron chi connectivity index (χ3n) is 3.95. The Balaban J connectivity index is 1.50. The third kappa shape index (κ3) is 4.44. The highest BCUT2D eigenvalue weighted by Gasteiger charge is 2.25. The topological polar surface area (TPSA) is 126 Å². The molecule has 0 aliphatic carbocycles. The van der Waals surface area contributed by atoms with E-state index < -0.39 is 18.0 Å². The molecule has 9 heteroatoms. The molecule has 1 atom stereocenters. The van der Waals surface area contributed by atoms with Gasteiger partial charge >= 0.3 is 6.03 Å². The highest BCUT2D eigenvalue weighted by atomic mass is 16.5. The van der Waals surface area contributed by atoms with Gasteiger partial charge in [-0.3, -0.25) is 14.9 Å². The van der Waals surface area contributed by atoms with Gasteiger partial charge in [-0.1, -0.05) is 35.0 Å². The molecule has 2 heterocycles. The van der Waals surface area contributed by atoms with Crippen molar-refractivity contribution in [3.05, 3.63) is 35.7 Å². The van der Waals surface area contributed by atoms with Crippen molar-refractivity contribution in [3.8, 4) is 11.4 Å². The minimum Gasteiger partial charge on any atom is -0.354 e. The molecule has 3 rings (SSSR count). The lowest BCUT2D eigenvalue weighted by Crippen LogP contribution is -2.48. The van der Waals surface area contributed by atoms with E-state index in [1.807, 2.05) is 31.2 Å². The normalized spacial score (nSPS) is 17.2. The quantitative estimate of drug-likeness (QED) is 0.723. The Labute approximate surface area is 149 Å². The fourth-order valence-corrected chi connectivity index (χ4v) is 2.52. The molecule has 0 spiro atoms. The largest absolute Gasteiger partial charge is 0.354 e. The van der Waals surface area contributed by atoms with E-state index in [-0.39, 0.29) is 25.3 Å². The Bertz CT molecular complexity index is 815. The van der Waals surface area contributed by atoms with Crippen LogP contribution in [0.3, 0.4) is 0 Å². The van der Waals surface area contributed by atoms with Crippen molar-refractivity contribution in [3.63, 3.8) is 0 Å². The monoisotopic (exact) mass is 357 g/mol. The van der Waals surface area contributed by atoms with E-state index in [4.69, 9.17) is 4.52 Å². The number of urea groups is 1. The van der Waals surface area contributed by atoms with E-state index in [2.05, 4.69) is 26.1 Å². The van der Waals surface area contributed by atoms with Crippen LogP contribution in [0.4, 0.5) is 4.79 Å². The number of rotatable bonds is 5. The predicted molar refractivity (Wildman–Crippen MR) is 90.9 cm³/mol. The average Bonchev–Trinajstić information content (AvgIpc) is 3.00. The lowest BCUT2D eigenvalue weighted by molar-refractivity contribution is -0.123. The van der Waals surface area contributed by atoms with Crippen molar-refractivity contribution >= 4 is 17.8 Å². The lowest BCUT2D eigenvalue weighted by atomic mass is 10.1. The van der Waals surface area contributed by atoms with Crippen LogP contribution in [0.25, 0.3) is 11.4 Å². The summed E-state index contributed by atoms with van der Waals surface area (Å²) in [6.07, 6.45) is 0.727. The third-order valence-corrected chi connectivity index (χ3v) is 3.95. The van der Waals surface area contributed by atoms with Gasteiger partial charge in [0.2, 0.25) is 23.5 Å². The summed E-state index contributed by atoms with van der Waals surface area (Å²) in [6, 6.07) is 6.35. The van der Waals surface area contributed by atoms with Crippen LogP contribution in [0, 0.1) is 6.92 Å². The lowest BCUT2D eigenvalue weighted by Gasteiger charge is -2.14. The Morgan fingerprint density at radius 3 is 2.85 bits per heavy atom. The average molecular weight is 357 g/mol. The van der Waals surface area contributed by atoms with Gasteiger partial charge in [0.15, 0.2) is 0 Å². The number of hydrogen-bond donors (Lipinski definition) is 3. The number of imide groups is 1. The van der Waals surface area contributed by atoms with Gasteiger partial charge in [0.25, 0.3) is 0 Å². The van der Waals surface area contributed by atoms with Gasteiger partial charge < -0.3 is 15.2 Å². The smallest absolute Gasteiger partial charge is 0.322 e. The van der Waals surface area contributed by atoms with E-state index in [0.29, 0.717) is 18.1 Å². The molecule has 1 aromatic carbocycles. The Morgan fingerprint density at radius 2 is 2.08 bits per heavy atom. The number of hydrogen-bond acceptors (Lipinski definition) is 6. The van der Waals surface area contributed by atoms with Crippen LogP contribution in [0.2, 0.25) is 0 Å². The molecule has 0 unspecified atom stereocenters. The summed E-state index contributed by atoms with van der Waals surface area (Å²) in [5.74, 6) is 0.148. The van der Waals surface area contributed by atoms with Crippen molar-refractivity contribution in [2.45, 2.75) is 32.2 Å². The first kappa shape index (κ1) is 17.6. The first-order chi connectivity index (χ1) is 12.5. The second kappa shape index (κ2) is 7.77. The Kier molecular flexibility index (Phi) is 5.26. The second-order valence-electron chi connectivity index (χ2n) is 6.03. The zero-order valence-corrected chi connectivity index (χ0v) is 14.2. The van der Waals surface area contributed by atoms with Crippen LogP contribution in [0.5, 0.6) is 0 Å². The van der Waals surface area contributed by atoms with Crippen molar-refractivity contribution in [2.24, 2.45) is 0 Å². The van der Waals surface area contributed by atoms with Crippen LogP contribution in [-0.4, -0.2) is 40.6 Å². The fourth-order valence-electron chi connectivity index (χ4n) is 2.52. The molecule has 1 aliphatic heterocycles. The van der Waals surface area contributed by atoms with Crippen molar-refractivity contribution < 1.29 is 18.9 Å². The maximum absolute atomic E-state index is 12.1. The van der Waals surface area contributed by atoms with E-state index >= 15 is 0 Å². The molecule has 1 fully saturated rings. The van der Waals surface area contributed by atoms with Gasteiger partial charge in [-0.2, -0.15) is 4.98 Å². The Hall–Kier alpha value is -3.23. The van der Waals surface area contributed by atoms with Gasteiger partial charge in [-0.15, -0.1) is 0 Å². The summed E-state index contributed by atoms with van der Waals surface area (Å²) in [6.45, 7) is 2.28. The molecule has 4 amide bonds. The molecule has 136 valence electrons. The van der Waals surface area contributed by atoms with Gasteiger partial charge in [0.1, 0.15) is 6.04 Å². The number of benzene rings is 1. The van der Waals surface area contributed by atoms with Crippen LogP contribution in [0.15, 0.2) is 28.8 Å². The summed E-state index contributed by atoms with van der Waals surface area (Å²) in [4.78, 5) is 39.1. The van der Waals surface area contributed by atoms with Crippen molar-refractivity contribution in [2.75, 3.05) is 6.54 Å². The first-order valence-corrected chi connectivity index (χ1v) is 8.29. The molecular weight excluding hydrogens is 338 g/mol. The van der Waals surface area contributed by atoms with Crippen LogP contribution >= 0.6 is 0 Å². The number of aromatic nitrogens is 2. The Morgan fingerprint density at radius 1 is 1.31 bits per heavy atom. The molecule has 9 nitrogen and oxygen atoms in total. The molecule has 26 heavy (non-hydrogen) atoms. The number of carbonyl (C=O) groups excluding carboxylic acids is 3. The molecule has 1 aliphatic rings. The zero-order chi connectivity index (χ0) is 18.5. The van der Waals surface area contributed by atoms with Crippen molar-refractivity contribution in [1.29, 1.82) is 0 Å². The van der Waals surface area contributed by atoms with E-state index in [9.17, 15) is 14.4 Å². The summed E-state index contributed by atoms with van der Waals surface area (Å²) < 4.78 is 5.19. The summed E-state index contributed by atoms with van der Waals surface area (Å²) in [7, 11) is 0. The van der Waals surface area contributed by atoms with Gasteiger partial charge in [0.05, 0.1) is 0 Å². The molecule has 0 saturated carbocycles. The summed E-state index contributed by atoms with van der Waals surface area (Å²) >= 11 is 0.